The van der Waals surface area contributed by atoms with Crippen LogP contribution in [0.2, 0.25) is 0 Å². The van der Waals surface area contributed by atoms with Gasteiger partial charge in [0.25, 0.3) is 5.91 Å². The Morgan fingerprint density at radius 3 is 2.48 bits per heavy atom. The highest BCUT2D eigenvalue weighted by molar-refractivity contribution is 6.05. The lowest BCUT2D eigenvalue weighted by Crippen LogP contribution is -2.16. The summed E-state index contributed by atoms with van der Waals surface area (Å²) in [6.45, 7) is 0. The Balaban J connectivity index is 2.28. The lowest BCUT2D eigenvalue weighted by Gasteiger charge is -2.10. The highest BCUT2D eigenvalue weighted by atomic mass is 19.2. The number of carboxylic acids is 1. The van der Waals surface area contributed by atoms with Crippen molar-refractivity contribution in [3.05, 3.63) is 65.2 Å². The summed E-state index contributed by atoms with van der Waals surface area (Å²) in [6, 6.07) is 9.52. The van der Waals surface area contributed by atoms with Crippen molar-refractivity contribution in [2.24, 2.45) is 0 Å². The molecule has 0 aliphatic heterocycles. The molecule has 2 N–H and O–H groups in total. The number of aliphatic carboxylic acids is 1. The van der Waals surface area contributed by atoms with Gasteiger partial charge in [0, 0.05) is 5.69 Å². The number of nitrogens with one attached hydrogen (secondary N) is 1. The Morgan fingerprint density at radius 1 is 1.05 bits per heavy atom. The first-order valence-electron chi connectivity index (χ1n) is 6.04. The van der Waals surface area contributed by atoms with Crippen LogP contribution in [-0.4, -0.2) is 17.0 Å². The van der Waals surface area contributed by atoms with Crippen LogP contribution in [0.5, 0.6) is 0 Å². The highest BCUT2D eigenvalue weighted by Gasteiger charge is 2.16. The van der Waals surface area contributed by atoms with E-state index in [-0.39, 0.29) is 12.1 Å². The van der Waals surface area contributed by atoms with E-state index in [9.17, 15) is 18.4 Å². The van der Waals surface area contributed by atoms with Crippen LogP contribution < -0.4 is 5.32 Å². The van der Waals surface area contributed by atoms with Crippen LogP contribution >= 0.6 is 0 Å². The fourth-order valence-electron chi connectivity index (χ4n) is 1.83. The molecule has 0 radical (unpaired) electrons. The van der Waals surface area contributed by atoms with E-state index in [1.807, 2.05) is 0 Å². The van der Waals surface area contributed by atoms with Crippen LogP contribution in [-0.2, 0) is 11.2 Å². The minimum absolute atomic E-state index is 0.244. The van der Waals surface area contributed by atoms with Gasteiger partial charge in [-0.25, -0.2) is 8.78 Å². The maximum Gasteiger partial charge on any atom is 0.307 e. The first kappa shape index (κ1) is 14.6. The van der Waals surface area contributed by atoms with Crippen molar-refractivity contribution in [1.82, 2.24) is 0 Å². The maximum atomic E-state index is 13.5. The van der Waals surface area contributed by atoms with Gasteiger partial charge in [0.1, 0.15) is 0 Å². The summed E-state index contributed by atoms with van der Waals surface area (Å²) in [5, 5.41) is 11.2. The summed E-state index contributed by atoms with van der Waals surface area (Å²) in [5.74, 6) is -4.27. The van der Waals surface area contributed by atoms with Gasteiger partial charge in [-0.05, 0) is 23.8 Å². The van der Waals surface area contributed by atoms with E-state index in [0.717, 1.165) is 12.1 Å². The van der Waals surface area contributed by atoms with Crippen LogP contribution in [0.3, 0.4) is 0 Å². The van der Waals surface area contributed by atoms with Gasteiger partial charge in [-0.1, -0.05) is 24.3 Å². The van der Waals surface area contributed by atoms with Gasteiger partial charge in [-0.2, -0.15) is 0 Å². The zero-order chi connectivity index (χ0) is 15.4. The Morgan fingerprint density at radius 2 is 1.76 bits per heavy atom. The summed E-state index contributed by atoms with van der Waals surface area (Å²) >= 11 is 0. The molecule has 0 atom stereocenters. The molecule has 2 aromatic carbocycles. The minimum atomic E-state index is -1.24. The Bertz CT molecular complexity index is 701. The van der Waals surface area contributed by atoms with E-state index in [2.05, 4.69) is 5.32 Å². The third-order valence-electron chi connectivity index (χ3n) is 2.80. The van der Waals surface area contributed by atoms with Crippen LogP contribution in [0, 0.1) is 11.6 Å². The SMILES string of the molecule is O=C(O)Cc1ccccc1NC(=O)c1cccc(F)c1F. The van der Waals surface area contributed by atoms with Crippen LogP contribution in [0.25, 0.3) is 0 Å². The molecule has 2 aromatic rings. The molecule has 0 aliphatic rings. The molecule has 0 unspecified atom stereocenters. The number of carboxylic acid groups (broad SMARTS) is 1. The number of hydrogen-bond donors (Lipinski definition) is 2. The molecule has 6 heteroatoms. The molecule has 0 aromatic heterocycles. The summed E-state index contributed by atoms with van der Waals surface area (Å²) in [4.78, 5) is 22.7. The molecule has 0 heterocycles. The first-order chi connectivity index (χ1) is 9.99. The van der Waals surface area contributed by atoms with Crippen molar-refractivity contribution < 1.29 is 23.5 Å². The van der Waals surface area contributed by atoms with Gasteiger partial charge in [0.05, 0.1) is 12.0 Å². The monoisotopic (exact) mass is 291 g/mol. The van der Waals surface area contributed by atoms with Crippen molar-refractivity contribution in [3.63, 3.8) is 0 Å². The fourth-order valence-corrected chi connectivity index (χ4v) is 1.83. The molecule has 4 nitrogen and oxygen atoms in total. The lowest BCUT2D eigenvalue weighted by atomic mass is 10.1. The quantitative estimate of drug-likeness (QED) is 0.910. The smallest absolute Gasteiger partial charge is 0.307 e. The van der Waals surface area contributed by atoms with Crippen molar-refractivity contribution in [2.45, 2.75) is 6.42 Å². The van der Waals surface area contributed by atoms with Gasteiger partial charge in [-0.15, -0.1) is 0 Å². The Kier molecular flexibility index (Phi) is 4.27. The van der Waals surface area contributed by atoms with E-state index < -0.39 is 29.1 Å². The predicted octanol–water partition coefficient (Wildman–Crippen LogP) is 2.84. The molecule has 0 saturated heterocycles. The molecule has 108 valence electrons. The molecular formula is C15H11F2NO3. The molecule has 2 rings (SSSR count). The summed E-state index contributed by atoms with van der Waals surface area (Å²) in [6.07, 6.45) is -0.290. The van der Waals surface area contributed by atoms with Gasteiger partial charge >= 0.3 is 5.97 Å². The zero-order valence-corrected chi connectivity index (χ0v) is 10.8. The zero-order valence-electron chi connectivity index (χ0n) is 10.8. The van der Waals surface area contributed by atoms with Crippen LogP contribution in [0.1, 0.15) is 15.9 Å². The maximum absolute atomic E-state index is 13.5. The van der Waals surface area contributed by atoms with Crippen LogP contribution in [0.15, 0.2) is 42.5 Å². The molecule has 0 spiro atoms. The highest BCUT2D eigenvalue weighted by Crippen LogP contribution is 2.18. The second-order valence-electron chi connectivity index (χ2n) is 4.28. The molecule has 1 amide bonds. The summed E-state index contributed by atoms with van der Waals surface area (Å²) < 4.78 is 26.6. The van der Waals surface area contributed by atoms with Gasteiger partial charge in [0.15, 0.2) is 11.6 Å². The van der Waals surface area contributed by atoms with Crippen molar-refractivity contribution in [2.75, 3.05) is 5.32 Å². The third kappa shape index (κ3) is 3.42. The predicted molar refractivity (Wildman–Crippen MR) is 72.1 cm³/mol. The number of rotatable bonds is 4. The summed E-state index contributed by atoms with van der Waals surface area (Å²) in [7, 11) is 0. The van der Waals surface area contributed by atoms with E-state index in [1.54, 1.807) is 12.1 Å². The fraction of sp³-hybridized carbons (Fsp3) is 0.0667. The normalized spacial score (nSPS) is 10.2. The molecular weight excluding hydrogens is 280 g/mol. The number of halogens is 2. The van der Waals surface area contributed by atoms with E-state index in [1.165, 1.54) is 18.2 Å². The van der Waals surface area contributed by atoms with E-state index in [4.69, 9.17) is 5.11 Å². The number of hydrogen-bond acceptors (Lipinski definition) is 2. The number of benzene rings is 2. The second-order valence-corrected chi connectivity index (χ2v) is 4.28. The Hall–Kier alpha value is -2.76. The average molecular weight is 291 g/mol. The van der Waals surface area contributed by atoms with Gasteiger partial charge < -0.3 is 10.4 Å². The second kappa shape index (κ2) is 6.13. The number of carbonyl (C=O) groups is 2. The van der Waals surface area contributed by atoms with E-state index >= 15 is 0 Å². The average Bonchev–Trinajstić information content (AvgIpc) is 2.43. The third-order valence-corrected chi connectivity index (χ3v) is 2.80. The standard InChI is InChI=1S/C15H11F2NO3/c16-11-6-3-5-10(14(11)17)15(21)18-12-7-2-1-4-9(12)8-13(19)20/h1-7H,8H2,(H,18,21)(H,19,20). The van der Waals surface area contributed by atoms with Crippen molar-refractivity contribution in [1.29, 1.82) is 0 Å². The number of anilines is 1. The van der Waals surface area contributed by atoms with Crippen molar-refractivity contribution in [3.8, 4) is 0 Å². The Labute approximate surface area is 119 Å². The molecule has 21 heavy (non-hydrogen) atoms. The molecule has 0 aliphatic carbocycles. The molecule has 0 bridgehead atoms. The number of carbonyl (C=O) groups excluding carboxylic acids is 1. The van der Waals surface area contributed by atoms with Gasteiger partial charge in [0.2, 0.25) is 0 Å². The number of para-hydroxylation sites is 1. The first-order valence-corrected chi connectivity index (χ1v) is 6.04. The topological polar surface area (TPSA) is 66.4 Å². The lowest BCUT2D eigenvalue weighted by molar-refractivity contribution is -0.136. The van der Waals surface area contributed by atoms with Crippen molar-refractivity contribution >= 4 is 17.6 Å². The minimum Gasteiger partial charge on any atom is -0.481 e. The van der Waals surface area contributed by atoms with Gasteiger partial charge in [-0.3, -0.25) is 9.59 Å². The number of amides is 1. The molecule has 0 fully saturated rings. The van der Waals surface area contributed by atoms with E-state index in [0.29, 0.717) is 5.56 Å². The molecule has 0 saturated carbocycles. The summed E-state index contributed by atoms with van der Waals surface area (Å²) in [5.41, 5.74) is 0.170. The largest absolute Gasteiger partial charge is 0.481 e. The van der Waals surface area contributed by atoms with Crippen LogP contribution in [0.4, 0.5) is 14.5 Å².